The molecule has 0 fully saturated rings. The van der Waals surface area contributed by atoms with Crippen LogP contribution in [0.15, 0.2) is 24.3 Å². The van der Waals surface area contributed by atoms with Gasteiger partial charge in [0.15, 0.2) is 0 Å². The Hall–Kier alpha value is -0.560. The molecule has 0 saturated heterocycles. The third kappa shape index (κ3) is 4.61. The fourth-order valence-electron chi connectivity index (χ4n) is 2.05. The Balaban J connectivity index is 2.15. The predicted octanol–water partition coefficient (Wildman–Crippen LogP) is 3.56. The maximum atomic E-state index is 6.07. The molecule has 0 radical (unpaired) electrons. The molecule has 1 heteroatoms. The molecule has 0 aromatic rings. The summed E-state index contributed by atoms with van der Waals surface area (Å²) in [4.78, 5) is 0. The van der Waals surface area contributed by atoms with Crippen LogP contribution in [0.2, 0.25) is 0 Å². The molecule has 1 atom stereocenters. The number of nitrogens with two attached hydrogens (primary N) is 1. The second kappa shape index (κ2) is 6.83. The Morgan fingerprint density at radius 1 is 1.50 bits per heavy atom. The van der Waals surface area contributed by atoms with Crippen LogP contribution < -0.4 is 5.73 Å². The molecule has 1 aliphatic rings. The van der Waals surface area contributed by atoms with Crippen molar-refractivity contribution < 1.29 is 0 Å². The predicted molar refractivity (Wildman–Crippen MR) is 63.2 cm³/mol. The summed E-state index contributed by atoms with van der Waals surface area (Å²) in [6.07, 6.45) is 14.2. The Labute approximate surface area is 88.1 Å². The second-order valence-corrected chi connectivity index (χ2v) is 4.29. The zero-order chi connectivity index (χ0) is 10.2. The summed E-state index contributed by atoms with van der Waals surface area (Å²) in [6, 6.07) is 0.374. The van der Waals surface area contributed by atoms with Gasteiger partial charge in [0, 0.05) is 6.04 Å². The Kier molecular flexibility index (Phi) is 5.62. The summed E-state index contributed by atoms with van der Waals surface area (Å²) >= 11 is 0. The largest absolute Gasteiger partial charge is 0.327 e. The zero-order valence-electron chi connectivity index (χ0n) is 9.17. The van der Waals surface area contributed by atoms with Crippen molar-refractivity contribution in [1.82, 2.24) is 0 Å². The van der Waals surface area contributed by atoms with Gasteiger partial charge >= 0.3 is 0 Å². The van der Waals surface area contributed by atoms with Gasteiger partial charge in [-0.25, -0.2) is 0 Å². The van der Waals surface area contributed by atoms with E-state index in [1.165, 1.54) is 32.1 Å². The van der Waals surface area contributed by atoms with Crippen LogP contribution in [0, 0.1) is 0 Å². The molecule has 0 saturated carbocycles. The van der Waals surface area contributed by atoms with Crippen LogP contribution in [0.3, 0.4) is 0 Å². The normalized spacial score (nSPS) is 18.8. The van der Waals surface area contributed by atoms with Gasteiger partial charge in [0.2, 0.25) is 0 Å². The molecule has 1 nitrogen and oxygen atoms in total. The van der Waals surface area contributed by atoms with Gasteiger partial charge < -0.3 is 5.73 Å². The highest BCUT2D eigenvalue weighted by molar-refractivity contribution is 5.06. The molecule has 14 heavy (non-hydrogen) atoms. The van der Waals surface area contributed by atoms with Crippen LogP contribution in [0.4, 0.5) is 0 Å². The summed E-state index contributed by atoms with van der Waals surface area (Å²) in [5.74, 6) is 0. The van der Waals surface area contributed by atoms with Gasteiger partial charge in [0.05, 0.1) is 0 Å². The monoisotopic (exact) mass is 193 g/mol. The van der Waals surface area contributed by atoms with E-state index in [0.717, 1.165) is 19.3 Å². The van der Waals surface area contributed by atoms with Crippen molar-refractivity contribution in [3.8, 4) is 0 Å². The van der Waals surface area contributed by atoms with Crippen LogP contribution in [0.25, 0.3) is 0 Å². The van der Waals surface area contributed by atoms with Crippen molar-refractivity contribution >= 4 is 0 Å². The molecule has 0 aromatic carbocycles. The van der Waals surface area contributed by atoms with Crippen molar-refractivity contribution in [1.29, 1.82) is 0 Å². The van der Waals surface area contributed by atoms with Gasteiger partial charge in [-0.05, 0) is 51.4 Å². The maximum absolute atomic E-state index is 6.07. The van der Waals surface area contributed by atoms with Gasteiger partial charge in [0.1, 0.15) is 0 Å². The lowest BCUT2D eigenvalue weighted by Gasteiger charge is -2.17. The summed E-state index contributed by atoms with van der Waals surface area (Å²) in [7, 11) is 0. The Bertz CT molecular complexity index is 193. The fraction of sp³-hybridized carbons (Fsp3) is 0.692. The van der Waals surface area contributed by atoms with E-state index in [2.05, 4.69) is 12.7 Å². The molecule has 80 valence electrons. The van der Waals surface area contributed by atoms with Gasteiger partial charge in [-0.1, -0.05) is 17.7 Å². The summed E-state index contributed by atoms with van der Waals surface area (Å²) < 4.78 is 0. The highest BCUT2D eigenvalue weighted by atomic mass is 14.6. The summed E-state index contributed by atoms with van der Waals surface area (Å²) in [5, 5.41) is 0. The molecule has 0 spiro atoms. The third-order valence-corrected chi connectivity index (χ3v) is 2.89. The van der Waals surface area contributed by atoms with Gasteiger partial charge in [-0.15, -0.1) is 6.58 Å². The molecule has 0 amide bonds. The third-order valence-electron chi connectivity index (χ3n) is 2.89. The lowest BCUT2D eigenvalue weighted by molar-refractivity contribution is 0.557. The standard InChI is InChI=1S/C13H23N/c1-2-3-5-10-13(14)11-12-8-6-4-7-9-12/h2,8,13H,1,3-7,9-11,14H2. The molecular formula is C13H23N. The Morgan fingerprint density at radius 2 is 2.36 bits per heavy atom. The van der Waals surface area contributed by atoms with E-state index >= 15 is 0 Å². The maximum Gasteiger partial charge on any atom is 0.00761 e. The fourth-order valence-corrected chi connectivity index (χ4v) is 2.05. The van der Waals surface area contributed by atoms with Gasteiger partial charge in [0.25, 0.3) is 0 Å². The van der Waals surface area contributed by atoms with Crippen molar-refractivity contribution in [2.75, 3.05) is 0 Å². The van der Waals surface area contributed by atoms with E-state index in [1.807, 2.05) is 6.08 Å². The molecular weight excluding hydrogens is 170 g/mol. The van der Waals surface area contributed by atoms with Crippen LogP contribution >= 0.6 is 0 Å². The van der Waals surface area contributed by atoms with E-state index in [4.69, 9.17) is 5.73 Å². The van der Waals surface area contributed by atoms with Gasteiger partial charge in [-0.3, -0.25) is 0 Å². The second-order valence-electron chi connectivity index (χ2n) is 4.29. The van der Waals surface area contributed by atoms with Crippen molar-refractivity contribution in [2.24, 2.45) is 5.73 Å². The van der Waals surface area contributed by atoms with E-state index < -0.39 is 0 Å². The molecule has 0 aliphatic heterocycles. The van der Waals surface area contributed by atoms with Crippen molar-refractivity contribution in [2.45, 2.75) is 57.4 Å². The van der Waals surface area contributed by atoms with Gasteiger partial charge in [-0.2, -0.15) is 0 Å². The van der Waals surface area contributed by atoms with E-state index in [1.54, 1.807) is 5.57 Å². The highest BCUT2D eigenvalue weighted by Gasteiger charge is 2.08. The molecule has 0 bridgehead atoms. The summed E-state index contributed by atoms with van der Waals surface area (Å²) in [6.45, 7) is 3.72. The smallest absolute Gasteiger partial charge is 0.00761 e. The van der Waals surface area contributed by atoms with E-state index in [9.17, 15) is 0 Å². The molecule has 0 aromatic heterocycles. The van der Waals surface area contributed by atoms with Crippen LogP contribution in [0.1, 0.15) is 51.4 Å². The molecule has 1 unspecified atom stereocenters. The summed E-state index contributed by atoms with van der Waals surface area (Å²) in [5.41, 5.74) is 7.67. The minimum Gasteiger partial charge on any atom is -0.327 e. The topological polar surface area (TPSA) is 26.0 Å². The Morgan fingerprint density at radius 3 is 3.00 bits per heavy atom. The lowest BCUT2D eigenvalue weighted by Crippen LogP contribution is -2.20. The molecule has 1 rings (SSSR count). The van der Waals surface area contributed by atoms with Crippen LogP contribution in [-0.2, 0) is 0 Å². The van der Waals surface area contributed by atoms with E-state index in [-0.39, 0.29) is 0 Å². The average molecular weight is 193 g/mol. The first-order valence-electron chi connectivity index (χ1n) is 5.87. The number of allylic oxidation sites excluding steroid dienone is 2. The number of rotatable bonds is 6. The van der Waals surface area contributed by atoms with Crippen molar-refractivity contribution in [3.05, 3.63) is 24.3 Å². The first kappa shape index (κ1) is 11.5. The average Bonchev–Trinajstić information content (AvgIpc) is 2.20. The molecule has 2 N–H and O–H groups in total. The zero-order valence-corrected chi connectivity index (χ0v) is 9.17. The molecule has 1 aliphatic carbocycles. The number of unbranched alkanes of at least 4 members (excludes halogenated alkanes) is 1. The first-order valence-corrected chi connectivity index (χ1v) is 5.87. The number of hydrogen-bond acceptors (Lipinski definition) is 1. The molecule has 0 heterocycles. The quantitative estimate of drug-likeness (QED) is 0.506. The van der Waals surface area contributed by atoms with Crippen molar-refractivity contribution in [3.63, 3.8) is 0 Å². The van der Waals surface area contributed by atoms with E-state index in [0.29, 0.717) is 6.04 Å². The first-order chi connectivity index (χ1) is 6.83. The van der Waals surface area contributed by atoms with Crippen LogP contribution in [-0.4, -0.2) is 6.04 Å². The van der Waals surface area contributed by atoms with Crippen LogP contribution in [0.5, 0.6) is 0 Å². The number of hydrogen-bond donors (Lipinski definition) is 1. The highest BCUT2D eigenvalue weighted by Crippen LogP contribution is 2.21. The SMILES string of the molecule is C=CCCCC(N)CC1=CCCCC1. The lowest BCUT2D eigenvalue weighted by atomic mass is 9.93. The minimum absolute atomic E-state index is 0.374. The minimum atomic E-state index is 0.374.